The molecule has 1 aromatic heterocycles. The Bertz CT molecular complexity index is 1370. The number of aliphatic hydroxyl groups excluding tert-OH is 2. The quantitative estimate of drug-likeness (QED) is 0.278. The molecule has 8 heteroatoms. The summed E-state index contributed by atoms with van der Waals surface area (Å²) in [6.07, 6.45) is -3.27. The number of aromatic amines is 1. The fourth-order valence-electron chi connectivity index (χ4n) is 4.61. The van der Waals surface area contributed by atoms with Gasteiger partial charge in [0.2, 0.25) is 0 Å². The topological polar surface area (TPSA) is 132 Å². The van der Waals surface area contributed by atoms with Crippen molar-refractivity contribution in [3.8, 4) is 11.1 Å². The van der Waals surface area contributed by atoms with Gasteiger partial charge in [-0.25, -0.2) is 9.59 Å². The van der Waals surface area contributed by atoms with Crippen molar-refractivity contribution in [2.75, 3.05) is 13.2 Å². The van der Waals surface area contributed by atoms with E-state index in [4.69, 9.17) is 9.84 Å². The fourth-order valence-corrected chi connectivity index (χ4v) is 4.61. The second-order valence-corrected chi connectivity index (χ2v) is 8.55. The Labute approximate surface area is 200 Å². The predicted molar refractivity (Wildman–Crippen MR) is 129 cm³/mol. The first kappa shape index (κ1) is 22.6. The maximum Gasteiger partial charge on any atom is 0.407 e. The molecule has 35 heavy (non-hydrogen) atoms. The molecule has 0 saturated heterocycles. The van der Waals surface area contributed by atoms with Gasteiger partial charge in [0.25, 0.3) is 0 Å². The van der Waals surface area contributed by atoms with E-state index in [-0.39, 0.29) is 24.8 Å². The summed E-state index contributed by atoms with van der Waals surface area (Å²) < 4.78 is 5.45. The lowest BCUT2D eigenvalue weighted by Crippen LogP contribution is -2.36. The standard InChI is InChI=1S/C27H24N2O6/c30-24(25(31)16-10-9-15-11-23(26(32)33)29-22(15)12-16)13-28-27(34)35-14-21-19-7-3-1-5-17(19)18-6-2-4-8-20(18)21/h1-12,21,24-25,29-31H,13-14H2,(H,28,34)(H,32,33). The third-order valence-electron chi connectivity index (χ3n) is 6.38. The molecular weight excluding hydrogens is 448 g/mol. The number of carbonyl (C=O) groups is 2. The van der Waals surface area contributed by atoms with E-state index in [2.05, 4.69) is 22.4 Å². The van der Waals surface area contributed by atoms with Crippen LogP contribution in [0.5, 0.6) is 0 Å². The lowest BCUT2D eigenvalue weighted by atomic mass is 9.98. The van der Waals surface area contributed by atoms with Gasteiger partial charge in [-0.2, -0.15) is 0 Å². The van der Waals surface area contributed by atoms with Gasteiger partial charge in [-0.05, 0) is 39.9 Å². The third kappa shape index (κ3) is 4.37. The zero-order chi connectivity index (χ0) is 24.5. The van der Waals surface area contributed by atoms with Crippen molar-refractivity contribution in [3.63, 3.8) is 0 Å². The number of alkyl carbamates (subject to hydrolysis) is 1. The Morgan fingerprint density at radius 3 is 2.26 bits per heavy atom. The highest BCUT2D eigenvalue weighted by atomic mass is 16.5. The van der Waals surface area contributed by atoms with E-state index in [0.717, 1.165) is 22.3 Å². The molecule has 3 aromatic carbocycles. The molecule has 0 fully saturated rings. The Balaban J connectivity index is 1.18. The zero-order valence-corrected chi connectivity index (χ0v) is 18.6. The summed E-state index contributed by atoms with van der Waals surface area (Å²) in [7, 11) is 0. The van der Waals surface area contributed by atoms with Crippen molar-refractivity contribution in [1.29, 1.82) is 0 Å². The molecule has 5 N–H and O–H groups in total. The van der Waals surface area contributed by atoms with E-state index in [1.54, 1.807) is 18.2 Å². The van der Waals surface area contributed by atoms with Gasteiger partial charge in [-0.15, -0.1) is 0 Å². The predicted octanol–water partition coefficient (Wildman–Crippen LogP) is 3.80. The number of hydrogen-bond acceptors (Lipinski definition) is 5. The molecule has 178 valence electrons. The molecule has 0 radical (unpaired) electrons. The first-order valence-corrected chi connectivity index (χ1v) is 11.2. The molecule has 5 rings (SSSR count). The van der Waals surface area contributed by atoms with E-state index in [1.807, 2.05) is 36.4 Å². The number of aromatic nitrogens is 1. The van der Waals surface area contributed by atoms with Crippen molar-refractivity contribution >= 4 is 23.0 Å². The van der Waals surface area contributed by atoms with E-state index in [1.165, 1.54) is 6.07 Å². The first-order chi connectivity index (χ1) is 16.9. The molecule has 0 spiro atoms. The van der Waals surface area contributed by atoms with Crippen LogP contribution in [-0.2, 0) is 4.74 Å². The molecule has 2 unspecified atom stereocenters. The molecule has 1 amide bonds. The summed E-state index contributed by atoms with van der Waals surface area (Å²) in [6.45, 7) is -0.0745. The minimum absolute atomic E-state index is 0.0316. The average Bonchev–Trinajstić information content (AvgIpc) is 3.44. The highest BCUT2D eigenvalue weighted by Gasteiger charge is 2.29. The monoisotopic (exact) mass is 472 g/mol. The van der Waals surface area contributed by atoms with E-state index in [0.29, 0.717) is 16.5 Å². The number of carbonyl (C=O) groups excluding carboxylic acids is 1. The summed E-state index contributed by atoms with van der Waals surface area (Å²) in [5, 5.41) is 33.2. The molecule has 1 heterocycles. The second kappa shape index (κ2) is 9.25. The van der Waals surface area contributed by atoms with Crippen LogP contribution < -0.4 is 5.32 Å². The summed E-state index contributed by atoms with van der Waals surface area (Å²) in [5.74, 6) is -1.16. The Morgan fingerprint density at radius 1 is 0.943 bits per heavy atom. The molecule has 1 aliphatic rings. The average molecular weight is 472 g/mol. The summed E-state index contributed by atoms with van der Waals surface area (Å²) in [5.41, 5.74) is 5.40. The maximum atomic E-state index is 12.3. The number of nitrogens with one attached hydrogen (secondary N) is 2. The number of amides is 1. The smallest absolute Gasteiger partial charge is 0.407 e. The number of carboxylic acids is 1. The molecule has 0 aliphatic heterocycles. The number of ether oxygens (including phenoxy) is 1. The Kier molecular flexibility index (Phi) is 5.98. The van der Waals surface area contributed by atoms with Crippen molar-refractivity contribution in [2.45, 2.75) is 18.1 Å². The molecule has 4 aromatic rings. The lowest BCUT2D eigenvalue weighted by Gasteiger charge is -2.19. The van der Waals surface area contributed by atoms with Crippen LogP contribution in [0, 0.1) is 0 Å². The largest absolute Gasteiger partial charge is 0.477 e. The minimum Gasteiger partial charge on any atom is -0.477 e. The van der Waals surface area contributed by atoms with Gasteiger partial charge in [-0.1, -0.05) is 60.7 Å². The van der Waals surface area contributed by atoms with Crippen LogP contribution in [0.4, 0.5) is 4.79 Å². The van der Waals surface area contributed by atoms with Crippen LogP contribution in [-0.4, -0.2) is 51.6 Å². The van der Waals surface area contributed by atoms with Gasteiger partial charge in [0.15, 0.2) is 0 Å². The number of hydrogen-bond donors (Lipinski definition) is 5. The van der Waals surface area contributed by atoms with Crippen molar-refractivity contribution in [1.82, 2.24) is 10.3 Å². The van der Waals surface area contributed by atoms with Crippen LogP contribution >= 0.6 is 0 Å². The van der Waals surface area contributed by atoms with Crippen LogP contribution in [0.1, 0.15) is 39.2 Å². The number of aromatic carboxylic acids is 1. The fraction of sp³-hybridized carbons (Fsp3) is 0.185. The van der Waals surface area contributed by atoms with Crippen LogP contribution in [0.3, 0.4) is 0 Å². The minimum atomic E-state index is -1.29. The van der Waals surface area contributed by atoms with E-state index >= 15 is 0 Å². The first-order valence-electron chi connectivity index (χ1n) is 11.2. The number of carboxylic acid groups (broad SMARTS) is 1. The van der Waals surface area contributed by atoms with Crippen LogP contribution in [0.25, 0.3) is 22.0 Å². The Morgan fingerprint density at radius 2 is 1.60 bits per heavy atom. The summed E-state index contributed by atoms with van der Waals surface area (Å²) >= 11 is 0. The maximum absolute atomic E-state index is 12.3. The molecule has 8 nitrogen and oxygen atoms in total. The van der Waals surface area contributed by atoms with Crippen molar-refractivity contribution in [3.05, 3.63) is 95.2 Å². The Hall–Kier alpha value is -4.14. The van der Waals surface area contributed by atoms with Gasteiger partial charge >= 0.3 is 12.1 Å². The second-order valence-electron chi connectivity index (χ2n) is 8.55. The number of rotatable bonds is 7. The number of fused-ring (bicyclic) bond motifs is 4. The highest BCUT2D eigenvalue weighted by Crippen LogP contribution is 2.44. The number of aliphatic hydroxyl groups is 2. The van der Waals surface area contributed by atoms with Gasteiger partial charge in [0.1, 0.15) is 24.5 Å². The highest BCUT2D eigenvalue weighted by molar-refractivity contribution is 5.93. The van der Waals surface area contributed by atoms with E-state index in [9.17, 15) is 19.8 Å². The SMILES string of the molecule is O=C(NCC(O)C(O)c1ccc2cc(C(=O)O)[nH]c2c1)OCC1c2ccccc2-c2ccccc21. The molecule has 0 saturated carbocycles. The zero-order valence-electron chi connectivity index (χ0n) is 18.6. The van der Waals surface area contributed by atoms with Crippen LogP contribution in [0.15, 0.2) is 72.8 Å². The van der Waals surface area contributed by atoms with Crippen molar-refractivity contribution in [2.24, 2.45) is 0 Å². The molecular formula is C27H24N2O6. The van der Waals surface area contributed by atoms with Gasteiger partial charge in [-0.3, -0.25) is 0 Å². The lowest BCUT2D eigenvalue weighted by molar-refractivity contribution is 0.0186. The number of H-pyrrole nitrogens is 1. The van der Waals surface area contributed by atoms with Gasteiger partial charge in [0.05, 0.1) is 0 Å². The van der Waals surface area contributed by atoms with Gasteiger partial charge < -0.3 is 30.4 Å². The number of benzene rings is 3. The van der Waals surface area contributed by atoms with Crippen LogP contribution in [0.2, 0.25) is 0 Å². The molecule has 1 aliphatic carbocycles. The van der Waals surface area contributed by atoms with Crippen molar-refractivity contribution < 1.29 is 29.6 Å². The van der Waals surface area contributed by atoms with Gasteiger partial charge in [0, 0.05) is 23.4 Å². The van der Waals surface area contributed by atoms with E-state index < -0.39 is 24.3 Å². The summed E-state index contributed by atoms with van der Waals surface area (Å²) in [4.78, 5) is 26.2. The third-order valence-corrected chi connectivity index (χ3v) is 6.38. The summed E-state index contributed by atoms with van der Waals surface area (Å²) in [6, 6.07) is 22.4. The normalized spacial score (nSPS) is 14.2. The molecule has 0 bridgehead atoms. The molecule has 2 atom stereocenters.